The number of ketones is 1. The second-order valence-corrected chi connectivity index (χ2v) is 11.7. The molecule has 0 aliphatic heterocycles. The number of carbonyl (C=O) groups excluding carboxylic acids is 2. The molecular formula is C15H28O3Si. The standard InChI is InChI=1S/C15H28O3Si/c1-7-8-9-10-13(11-19(4,5)6)14(16)12(2)15(17)18-3/h10,12H,7-9,11H2,1-6H3/b13-10+. The van der Waals surface area contributed by atoms with Crippen LogP contribution in [0.4, 0.5) is 0 Å². The highest BCUT2D eigenvalue weighted by molar-refractivity contribution is 6.77. The molecule has 0 bridgehead atoms. The van der Waals surface area contributed by atoms with E-state index in [-0.39, 0.29) is 5.78 Å². The van der Waals surface area contributed by atoms with Crippen LogP contribution in [0.25, 0.3) is 0 Å². The van der Waals surface area contributed by atoms with Crippen LogP contribution in [-0.4, -0.2) is 26.9 Å². The summed E-state index contributed by atoms with van der Waals surface area (Å²) in [5.74, 6) is -1.19. The van der Waals surface area contributed by atoms with Gasteiger partial charge in [0, 0.05) is 8.07 Å². The van der Waals surface area contributed by atoms with Crippen LogP contribution in [0, 0.1) is 5.92 Å². The number of allylic oxidation sites excluding steroid dienone is 2. The van der Waals surface area contributed by atoms with Gasteiger partial charge in [-0.2, -0.15) is 0 Å². The molecule has 19 heavy (non-hydrogen) atoms. The molecule has 0 aromatic heterocycles. The van der Waals surface area contributed by atoms with Gasteiger partial charge in [-0.1, -0.05) is 45.5 Å². The van der Waals surface area contributed by atoms with Gasteiger partial charge in [0.2, 0.25) is 0 Å². The molecule has 0 rings (SSSR count). The molecule has 4 heteroatoms. The molecule has 110 valence electrons. The Hall–Kier alpha value is -0.903. The lowest BCUT2D eigenvalue weighted by Gasteiger charge is -2.19. The first-order valence-corrected chi connectivity index (χ1v) is 10.7. The number of carbonyl (C=O) groups is 2. The molecule has 1 atom stereocenters. The minimum atomic E-state index is -1.38. The molecule has 0 spiro atoms. The van der Waals surface area contributed by atoms with Crippen molar-refractivity contribution < 1.29 is 14.3 Å². The molecule has 0 heterocycles. The Balaban J connectivity index is 4.96. The van der Waals surface area contributed by atoms with Gasteiger partial charge in [-0.25, -0.2) is 0 Å². The summed E-state index contributed by atoms with van der Waals surface area (Å²) in [5.41, 5.74) is 0.825. The van der Waals surface area contributed by atoms with Gasteiger partial charge >= 0.3 is 5.97 Å². The summed E-state index contributed by atoms with van der Waals surface area (Å²) in [6.07, 6.45) is 5.13. The zero-order chi connectivity index (χ0) is 15.1. The van der Waals surface area contributed by atoms with Crippen molar-refractivity contribution in [3.8, 4) is 0 Å². The average molecular weight is 284 g/mol. The van der Waals surface area contributed by atoms with Crippen LogP contribution < -0.4 is 0 Å². The van der Waals surface area contributed by atoms with E-state index >= 15 is 0 Å². The molecule has 0 N–H and O–H groups in total. The number of hydrogen-bond acceptors (Lipinski definition) is 3. The molecule has 0 aromatic carbocycles. The Morgan fingerprint density at radius 1 is 1.26 bits per heavy atom. The third kappa shape index (κ3) is 7.30. The van der Waals surface area contributed by atoms with Gasteiger partial charge in [-0.15, -0.1) is 0 Å². The summed E-state index contributed by atoms with van der Waals surface area (Å²) in [7, 11) is -0.0508. The fourth-order valence-electron chi connectivity index (χ4n) is 1.87. The minimum Gasteiger partial charge on any atom is -0.468 e. The number of ether oxygens (including phenoxy) is 1. The van der Waals surface area contributed by atoms with Crippen LogP contribution in [0.5, 0.6) is 0 Å². The Bertz CT molecular complexity index is 340. The first-order valence-electron chi connectivity index (χ1n) is 7.04. The van der Waals surface area contributed by atoms with Gasteiger partial charge in [-0.05, 0) is 25.0 Å². The first kappa shape index (κ1) is 18.1. The third-order valence-electron chi connectivity index (χ3n) is 2.93. The van der Waals surface area contributed by atoms with E-state index in [0.717, 1.165) is 30.9 Å². The van der Waals surface area contributed by atoms with Crippen molar-refractivity contribution in [2.24, 2.45) is 5.92 Å². The molecule has 0 saturated heterocycles. The quantitative estimate of drug-likeness (QED) is 0.224. The maximum absolute atomic E-state index is 12.4. The van der Waals surface area contributed by atoms with E-state index < -0.39 is 20.0 Å². The van der Waals surface area contributed by atoms with Crippen molar-refractivity contribution in [2.75, 3.05) is 7.11 Å². The van der Waals surface area contributed by atoms with Crippen molar-refractivity contribution in [3.05, 3.63) is 11.6 Å². The molecule has 1 unspecified atom stereocenters. The normalized spacial score (nSPS) is 14.1. The topological polar surface area (TPSA) is 43.4 Å². The van der Waals surface area contributed by atoms with E-state index in [1.807, 2.05) is 6.08 Å². The van der Waals surface area contributed by atoms with Gasteiger partial charge in [0.25, 0.3) is 0 Å². The molecular weight excluding hydrogens is 256 g/mol. The van der Waals surface area contributed by atoms with Gasteiger partial charge < -0.3 is 4.74 Å². The Kier molecular flexibility index (Phi) is 7.91. The fourth-order valence-corrected chi connectivity index (χ4v) is 3.33. The molecule has 0 fully saturated rings. The predicted molar refractivity (Wildman–Crippen MR) is 81.9 cm³/mol. The van der Waals surface area contributed by atoms with E-state index in [4.69, 9.17) is 0 Å². The van der Waals surface area contributed by atoms with Crippen LogP contribution in [0.1, 0.15) is 33.1 Å². The van der Waals surface area contributed by atoms with Crippen LogP contribution >= 0.6 is 0 Å². The number of rotatable bonds is 8. The maximum atomic E-state index is 12.4. The van der Waals surface area contributed by atoms with Gasteiger partial charge in [-0.3, -0.25) is 9.59 Å². The van der Waals surface area contributed by atoms with Crippen LogP contribution in [0.2, 0.25) is 25.7 Å². The monoisotopic (exact) mass is 284 g/mol. The summed E-state index contributed by atoms with van der Waals surface area (Å²) in [6, 6.07) is 0.830. The highest BCUT2D eigenvalue weighted by atomic mass is 28.3. The van der Waals surface area contributed by atoms with Crippen LogP contribution in [-0.2, 0) is 14.3 Å². The lowest BCUT2D eigenvalue weighted by atomic mass is 9.99. The van der Waals surface area contributed by atoms with Crippen LogP contribution in [0.3, 0.4) is 0 Å². The largest absolute Gasteiger partial charge is 0.468 e. The molecule has 0 saturated carbocycles. The van der Waals surface area contributed by atoms with Crippen molar-refractivity contribution in [1.29, 1.82) is 0 Å². The summed E-state index contributed by atoms with van der Waals surface area (Å²) < 4.78 is 4.66. The smallest absolute Gasteiger partial charge is 0.316 e. The molecule has 3 nitrogen and oxygen atoms in total. The molecule has 0 radical (unpaired) electrons. The average Bonchev–Trinajstić information content (AvgIpc) is 2.33. The predicted octanol–water partition coefficient (Wildman–Crippen LogP) is 3.82. The van der Waals surface area contributed by atoms with E-state index in [1.54, 1.807) is 6.92 Å². The SMILES string of the molecule is CCCC/C=C(\C[Si](C)(C)C)C(=O)C(C)C(=O)OC. The summed E-state index contributed by atoms with van der Waals surface area (Å²) in [4.78, 5) is 23.9. The zero-order valence-corrected chi connectivity index (χ0v) is 14.2. The maximum Gasteiger partial charge on any atom is 0.316 e. The van der Waals surface area contributed by atoms with Gasteiger partial charge in [0.1, 0.15) is 5.92 Å². The lowest BCUT2D eigenvalue weighted by molar-refractivity contribution is -0.147. The zero-order valence-electron chi connectivity index (χ0n) is 13.2. The van der Waals surface area contributed by atoms with E-state index in [0.29, 0.717) is 0 Å². The summed E-state index contributed by atoms with van der Waals surface area (Å²) >= 11 is 0. The number of Topliss-reactive ketones (excluding diaryl/α,β-unsaturated/α-hetero) is 1. The molecule has 0 aliphatic carbocycles. The van der Waals surface area contributed by atoms with Gasteiger partial charge in [0.05, 0.1) is 7.11 Å². The highest BCUT2D eigenvalue weighted by Gasteiger charge is 2.28. The third-order valence-corrected chi connectivity index (χ3v) is 4.38. The van der Waals surface area contributed by atoms with Crippen molar-refractivity contribution in [3.63, 3.8) is 0 Å². The van der Waals surface area contributed by atoms with E-state index in [2.05, 4.69) is 31.3 Å². The van der Waals surface area contributed by atoms with E-state index in [1.165, 1.54) is 7.11 Å². The fraction of sp³-hybridized carbons (Fsp3) is 0.733. The van der Waals surface area contributed by atoms with Crippen molar-refractivity contribution >= 4 is 19.8 Å². The second-order valence-electron chi connectivity index (χ2n) is 6.22. The number of methoxy groups -OCH3 is 1. The van der Waals surface area contributed by atoms with Gasteiger partial charge in [0.15, 0.2) is 5.78 Å². The first-order chi connectivity index (χ1) is 8.72. The molecule has 0 amide bonds. The summed E-state index contributed by atoms with van der Waals surface area (Å²) in [5, 5.41) is 0. The number of hydrogen-bond donors (Lipinski definition) is 0. The molecule has 0 aliphatic rings. The highest BCUT2D eigenvalue weighted by Crippen LogP contribution is 2.21. The number of unbranched alkanes of at least 4 members (excludes halogenated alkanes) is 2. The number of esters is 1. The minimum absolute atomic E-state index is 0.0645. The van der Waals surface area contributed by atoms with Crippen LogP contribution in [0.15, 0.2) is 11.6 Å². The summed E-state index contributed by atoms with van der Waals surface area (Å²) in [6.45, 7) is 10.5. The Morgan fingerprint density at radius 2 is 1.84 bits per heavy atom. The van der Waals surface area contributed by atoms with Crippen molar-refractivity contribution in [1.82, 2.24) is 0 Å². The molecule has 0 aromatic rings. The second kappa shape index (κ2) is 8.30. The van der Waals surface area contributed by atoms with Crippen molar-refractivity contribution in [2.45, 2.75) is 58.8 Å². The van der Waals surface area contributed by atoms with E-state index in [9.17, 15) is 9.59 Å². The Morgan fingerprint density at radius 3 is 2.26 bits per heavy atom. The lowest BCUT2D eigenvalue weighted by Crippen LogP contribution is -2.28. The Labute approximate surface area is 118 Å².